The molecule has 4 aliphatic carbocycles. The average Bonchev–Trinajstić information content (AvgIpc) is 2.98. The minimum atomic E-state index is -0.0631. The van der Waals surface area contributed by atoms with Gasteiger partial charge in [-0.1, -0.05) is 25.5 Å². The minimum absolute atomic E-state index is 0.0631. The molecule has 0 aromatic rings. The summed E-state index contributed by atoms with van der Waals surface area (Å²) in [5, 5.41) is 12.8. The number of aliphatic hydroxyl groups is 1. The SMILES string of the molecule is CN(OCCC[N+](C)(C)C)C1C=C2CC[C@H]3[C@@H]4CC[C@H](O)[C@@]4(C)CC[C@@H]3[C@@]2(C)CC1. The van der Waals surface area contributed by atoms with Gasteiger partial charge in [-0.2, -0.15) is 5.06 Å². The van der Waals surface area contributed by atoms with Crippen molar-refractivity contribution in [3.05, 3.63) is 11.6 Å². The van der Waals surface area contributed by atoms with E-state index in [0.717, 1.165) is 48.2 Å². The minimum Gasteiger partial charge on any atom is -0.393 e. The van der Waals surface area contributed by atoms with Crippen molar-refractivity contribution in [2.75, 3.05) is 41.3 Å². The molecule has 1 N–H and O–H groups in total. The van der Waals surface area contributed by atoms with E-state index < -0.39 is 0 Å². The summed E-state index contributed by atoms with van der Waals surface area (Å²) in [6.45, 7) is 6.93. The molecule has 30 heavy (non-hydrogen) atoms. The number of hydrogen-bond acceptors (Lipinski definition) is 3. The largest absolute Gasteiger partial charge is 0.393 e. The van der Waals surface area contributed by atoms with Crippen LogP contribution in [0.4, 0.5) is 0 Å². The second-order valence-electron chi connectivity index (χ2n) is 12.5. The number of rotatable bonds is 6. The third-order valence-electron chi connectivity index (χ3n) is 9.77. The summed E-state index contributed by atoms with van der Waals surface area (Å²) >= 11 is 0. The van der Waals surface area contributed by atoms with Gasteiger partial charge in [-0.3, -0.25) is 4.84 Å². The van der Waals surface area contributed by atoms with Crippen LogP contribution in [-0.2, 0) is 4.84 Å². The van der Waals surface area contributed by atoms with Gasteiger partial charge in [0.1, 0.15) is 0 Å². The quantitative estimate of drug-likeness (QED) is 0.295. The fourth-order valence-electron chi connectivity index (χ4n) is 7.81. The molecule has 0 amide bonds. The molecule has 0 aromatic heterocycles. The first-order valence-electron chi connectivity index (χ1n) is 12.6. The molecule has 4 aliphatic rings. The van der Waals surface area contributed by atoms with Crippen LogP contribution in [0.5, 0.6) is 0 Å². The van der Waals surface area contributed by atoms with E-state index in [1.165, 1.54) is 44.9 Å². The van der Waals surface area contributed by atoms with Gasteiger partial charge in [0.2, 0.25) is 0 Å². The zero-order valence-electron chi connectivity index (χ0n) is 20.5. The zero-order valence-corrected chi connectivity index (χ0v) is 20.5. The summed E-state index contributed by atoms with van der Waals surface area (Å²) in [7, 11) is 8.86. The van der Waals surface area contributed by atoms with Crippen molar-refractivity contribution in [1.29, 1.82) is 0 Å². The van der Waals surface area contributed by atoms with Crippen LogP contribution >= 0.6 is 0 Å². The lowest BCUT2D eigenvalue weighted by molar-refractivity contribution is -0.870. The van der Waals surface area contributed by atoms with Crippen LogP contribution in [0.1, 0.15) is 71.6 Å². The van der Waals surface area contributed by atoms with Crippen LogP contribution in [0.2, 0.25) is 0 Å². The molecular weight excluding hydrogens is 372 g/mol. The van der Waals surface area contributed by atoms with Gasteiger partial charge in [0.05, 0.1) is 46.4 Å². The number of aliphatic hydroxyl groups excluding tert-OH is 1. The van der Waals surface area contributed by atoms with Crippen LogP contribution in [0.25, 0.3) is 0 Å². The highest BCUT2D eigenvalue weighted by Crippen LogP contribution is 2.65. The molecule has 4 rings (SSSR count). The van der Waals surface area contributed by atoms with Gasteiger partial charge in [0, 0.05) is 13.5 Å². The Morgan fingerprint density at radius 1 is 1.07 bits per heavy atom. The number of likely N-dealkylation sites (N-methyl/N-ethyl adjacent to an activating group) is 1. The highest BCUT2D eigenvalue weighted by molar-refractivity contribution is 5.26. The normalized spacial score (nSPS) is 43.7. The molecular formula is C26H47N2O2+. The third-order valence-corrected chi connectivity index (χ3v) is 9.77. The molecule has 0 radical (unpaired) electrons. The lowest BCUT2D eigenvalue weighted by Crippen LogP contribution is -2.52. The molecule has 172 valence electrons. The van der Waals surface area contributed by atoms with E-state index in [1.54, 1.807) is 5.57 Å². The van der Waals surface area contributed by atoms with E-state index >= 15 is 0 Å². The Bertz CT molecular complexity index is 656. The number of nitrogens with zero attached hydrogens (tertiary/aromatic N) is 2. The molecule has 1 unspecified atom stereocenters. The summed E-state index contributed by atoms with van der Waals surface area (Å²) in [6, 6.07) is 0.427. The third kappa shape index (κ3) is 4.02. The van der Waals surface area contributed by atoms with Crippen molar-refractivity contribution in [2.45, 2.75) is 83.8 Å². The standard InChI is InChI=1S/C26H47N2O2/c1-25-14-12-20(27(3)30-17-7-16-28(4,5)6)18-19(25)8-9-21-22-10-11-24(29)26(22,2)15-13-23(21)25/h18,20-24,29H,7-17H2,1-6H3/q+1/t20?,21-,22-,23-,24-,25-,26-/m0/s1. The zero-order chi connectivity index (χ0) is 21.7. The van der Waals surface area contributed by atoms with Crippen LogP contribution < -0.4 is 0 Å². The predicted octanol–water partition coefficient (Wildman–Crippen LogP) is 4.64. The number of fused-ring (bicyclic) bond motifs is 5. The summed E-state index contributed by atoms with van der Waals surface area (Å²) in [5.74, 6) is 2.39. The average molecular weight is 420 g/mol. The fourth-order valence-corrected chi connectivity index (χ4v) is 7.81. The van der Waals surface area contributed by atoms with Crippen LogP contribution in [-0.4, -0.2) is 68.1 Å². The second-order valence-corrected chi connectivity index (χ2v) is 12.5. The van der Waals surface area contributed by atoms with E-state index in [4.69, 9.17) is 4.84 Å². The monoisotopic (exact) mass is 419 g/mol. The number of hydroxylamine groups is 2. The molecule has 0 saturated heterocycles. The van der Waals surface area contributed by atoms with Crippen molar-refractivity contribution in [3.63, 3.8) is 0 Å². The topological polar surface area (TPSA) is 32.7 Å². The first-order chi connectivity index (χ1) is 14.0. The van der Waals surface area contributed by atoms with Crippen molar-refractivity contribution in [2.24, 2.45) is 28.6 Å². The molecule has 4 nitrogen and oxygen atoms in total. The highest BCUT2D eigenvalue weighted by atomic mass is 16.7. The van der Waals surface area contributed by atoms with Gasteiger partial charge in [-0.15, -0.1) is 0 Å². The summed E-state index contributed by atoms with van der Waals surface area (Å²) in [6.07, 6.45) is 13.5. The molecule has 7 atom stereocenters. The van der Waals surface area contributed by atoms with Crippen molar-refractivity contribution >= 4 is 0 Å². The Morgan fingerprint density at radius 3 is 2.57 bits per heavy atom. The maximum absolute atomic E-state index is 10.7. The molecule has 3 fully saturated rings. The maximum Gasteiger partial charge on any atom is 0.0803 e. The predicted molar refractivity (Wildman–Crippen MR) is 123 cm³/mol. The lowest BCUT2D eigenvalue weighted by Gasteiger charge is -2.58. The summed E-state index contributed by atoms with van der Waals surface area (Å²) in [4.78, 5) is 6.13. The molecule has 0 aliphatic heterocycles. The maximum atomic E-state index is 10.7. The lowest BCUT2D eigenvalue weighted by atomic mass is 9.47. The van der Waals surface area contributed by atoms with E-state index in [-0.39, 0.29) is 11.5 Å². The first-order valence-corrected chi connectivity index (χ1v) is 12.6. The molecule has 0 aromatic carbocycles. The van der Waals surface area contributed by atoms with Crippen molar-refractivity contribution in [3.8, 4) is 0 Å². The van der Waals surface area contributed by atoms with Crippen molar-refractivity contribution < 1.29 is 14.4 Å². The first kappa shape index (κ1) is 22.8. The van der Waals surface area contributed by atoms with E-state index in [2.05, 4.69) is 53.2 Å². The van der Waals surface area contributed by atoms with Crippen LogP contribution in [0.3, 0.4) is 0 Å². The number of hydrogen-bond donors (Lipinski definition) is 1. The highest BCUT2D eigenvalue weighted by Gasteiger charge is 2.58. The van der Waals surface area contributed by atoms with Gasteiger partial charge in [-0.25, -0.2) is 0 Å². The van der Waals surface area contributed by atoms with Gasteiger partial charge < -0.3 is 9.59 Å². The van der Waals surface area contributed by atoms with E-state index in [0.29, 0.717) is 11.5 Å². The number of allylic oxidation sites excluding steroid dienone is 1. The van der Waals surface area contributed by atoms with Gasteiger partial charge >= 0.3 is 0 Å². The molecule has 0 heterocycles. The van der Waals surface area contributed by atoms with Gasteiger partial charge in [0.15, 0.2) is 0 Å². The Morgan fingerprint density at radius 2 is 1.83 bits per heavy atom. The molecule has 3 saturated carbocycles. The molecule has 4 heteroatoms. The summed E-state index contributed by atoms with van der Waals surface area (Å²) < 4.78 is 0.999. The second kappa shape index (κ2) is 8.17. The Kier molecular flexibility index (Phi) is 6.20. The van der Waals surface area contributed by atoms with Crippen LogP contribution in [0.15, 0.2) is 11.6 Å². The van der Waals surface area contributed by atoms with Crippen LogP contribution in [0, 0.1) is 28.6 Å². The van der Waals surface area contributed by atoms with Gasteiger partial charge in [-0.05, 0) is 80.0 Å². The van der Waals surface area contributed by atoms with Gasteiger partial charge in [0.25, 0.3) is 0 Å². The molecule has 0 spiro atoms. The van der Waals surface area contributed by atoms with E-state index in [1.807, 2.05) is 0 Å². The Balaban J connectivity index is 1.40. The Hall–Kier alpha value is -0.420. The smallest absolute Gasteiger partial charge is 0.0803 e. The fraction of sp³-hybridized carbons (Fsp3) is 0.923. The Labute approximate surface area is 185 Å². The van der Waals surface area contributed by atoms with E-state index in [9.17, 15) is 5.11 Å². The molecule has 0 bridgehead atoms. The van der Waals surface area contributed by atoms with Crippen molar-refractivity contribution in [1.82, 2.24) is 5.06 Å². The number of quaternary nitrogens is 1. The summed E-state index contributed by atoms with van der Waals surface area (Å²) in [5.41, 5.74) is 2.28.